The SMILES string of the molecule is CCCCCCCC/C=C/CCCCCCCC(=O)OC(COC(=O)CCCCCCCCCCCCCCC)COP(=O)(O)OCCCO. The molecule has 0 heterocycles. The number of aliphatic hydroxyl groups is 1. The number of rotatable bonds is 39. The third-order valence-corrected chi connectivity index (χ3v) is 9.82. The highest BCUT2D eigenvalue weighted by atomic mass is 31.2. The molecular formula is C40H77O9P. The number of hydrogen-bond donors (Lipinski definition) is 2. The smallest absolute Gasteiger partial charge is 0.462 e. The van der Waals surface area contributed by atoms with Crippen molar-refractivity contribution in [2.45, 2.75) is 206 Å². The maximum Gasteiger partial charge on any atom is 0.472 e. The van der Waals surface area contributed by atoms with Gasteiger partial charge in [-0.15, -0.1) is 0 Å². The Labute approximate surface area is 306 Å². The van der Waals surface area contributed by atoms with Gasteiger partial charge < -0.3 is 19.5 Å². The highest BCUT2D eigenvalue weighted by molar-refractivity contribution is 7.47. The second-order valence-electron chi connectivity index (χ2n) is 13.8. The lowest BCUT2D eigenvalue weighted by atomic mass is 10.0. The number of carbonyl (C=O) groups excluding carboxylic acids is 2. The number of phosphoric acid groups is 1. The summed E-state index contributed by atoms with van der Waals surface area (Å²) in [6, 6.07) is 0. The third-order valence-electron chi connectivity index (χ3n) is 8.84. The molecule has 0 saturated heterocycles. The molecule has 10 heteroatoms. The van der Waals surface area contributed by atoms with Crippen LogP contribution in [0, 0.1) is 0 Å². The van der Waals surface area contributed by atoms with E-state index in [-0.39, 0.29) is 39.1 Å². The van der Waals surface area contributed by atoms with E-state index in [4.69, 9.17) is 23.6 Å². The van der Waals surface area contributed by atoms with Crippen LogP contribution in [0.15, 0.2) is 12.2 Å². The maximum atomic E-state index is 12.6. The van der Waals surface area contributed by atoms with Gasteiger partial charge in [0.15, 0.2) is 6.10 Å². The van der Waals surface area contributed by atoms with E-state index in [0.717, 1.165) is 51.4 Å². The Kier molecular flexibility index (Phi) is 36.6. The van der Waals surface area contributed by atoms with Crippen molar-refractivity contribution in [2.24, 2.45) is 0 Å². The number of hydrogen-bond acceptors (Lipinski definition) is 8. The van der Waals surface area contributed by atoms with Crippen LogP contribution < -0.4 is 0 Å². The van der Waals surface area contributed by atoms with Gasteiger partial charge in [0.25, 0.3) is 0 Å². The molecule has 0 aromatic heterocycles. The molecule has 0 amide bonds. The molecule has 0 spiro atoms. The summed E-state index contributed by atoms with van der Waals surface area (Å²) in [5.74, 6) is -0.851. The first-order valence-corrected chi connectivity index (χ1v) is 22.1. The van der Waals surface area contributed by atoms with Crippen molar-refractivity contribution in [2.75, 3.05) is 26.4 Å². The highest BCUT2D eigenvalue weighted by Crippen LogP contribution is 2.43. The molecule has 9 nitrogen and oxygen atoms in total. The van der Waals surface area contributed by atoms with Gasteiger partial charge in [-0.2, -0.15) is 0 Å². The number of aliphatic hydroxyl groups excluding tert-OH is 1. The van der Waals surface area contributed by atoms with Gasteiger partial charge in [-0.25, -0.2) is 4.57 Å². The Balaban J connectivity index is 4.25. The topological polar surface area (TPSA) is 129 Å². The van der Waals surface area contributed by atoms with Crippen molar-refractivity contribution in [3.63, 3.8) is 0 Å². The largest absolute Gasteiger partial charge is 0.472 e. The average Bonchev–Trinajstić information content (AvgIpc) is 3.09. The second-order valence-corrected chi connectivity index (χ2v) is 15.3. The molecule has 0 radical (unpaired) electrons. The predicted molar refractivity (Wildman–Crippen MR) is 204 cm³/mol. The number of esters is 2. The van der Waals surface area contributed by atoms with Crippen LogP contribution in [-0.2, 0) is 32.7 Å². The van der Waals surface area contributed by atoms with Crippen molar-refractivity contribution in [3.05, 3.63) is 12.2 Å². The maximum absolute atomic E-state index is 12.6. The zero-order valence-corrected chi connectivity index (χ0v) is 33.2. The van der Waals surface area contributed by atoms with Crippen LogP contribution in [0.3, 0.4) is 0 Å². The van der Waals surface area contributed by atoms with E-state index in [2.05, 4.69) is 26.0 Å². The van der Waals surface area contributed by atoms with Gasteiger partial charge in [0.2, 0.25) is 0 Å². The summed E-state index contributed by atoms with van der Waals surface area (Å²) in [6.45, 7) is 3.44. The summed E-state index contributed by atoms with van der Waals surface area (Å²) in [4.78, 5) is 34.9. The second kappa shape index (κ2) is 37.5. The van der Waals surface area contributed by atoms with Crippen molar-refractivity contribution >= 4 is 19.8 Å². The summed E-state index contributed by atoms with van der Waals surface area (Å²) in [6.07, 6.45) is 35.2. The molecule has 0 fully saturated rings. The van der Waals surface area contributed by atoms with Crippen LogP contribution in [0.5, 0.6) is 0 Å². The lowest BCUT2D eigenvalue weighted by Gasteiger charge is -2.20. The molecule has 0 aromatic rings. The quantitative estimate of drug-likeness (QED) is 0.0274. The third kappa shape index (κ3) is 36.5. The van der Waals surface area contributed by atoms with Crippen molar-refractivity contribution in [3.8, 4) is 0 Å². The van der Waals surface area contributed by atoms with Crippen LogP contribution in [0.1, 0.15) is 200 Å². The first kappa shape index (κ1) is 48.8. The van der Waals surface area contributed by atoms with Crippen LogP contribution in [0.2, 0.25) is 0 Å². The van der Waals surface area contributed by atoms with Crippen LogP contribution in [0.4, 0.5) is 0 Å². The van der Waals surface area contributed by atoms with Crippen LogP contribution in [0.25, 0.3) is 0 Å². The first-order chi connectivity index (χ1) is 24.3. The molecule has 0 bridgehead atoms. The highest BCUT2D eigenvalue weighted by Gasteiger charge is 2.26. The minimum absolute atomic E-state index is 0.154. The van der Waals surface area contributed by atoms with Crippen LogP contribution in [-0.4, -0.2) is 54.5 Å². The fourth-order valence-electron chi connectivity index (χ4n) is 5.71. The average molecular weight is 733 g/mol. The van der Waals surface area contributed by atoms with E-state index >= 15 is 0 Å². The van der Waals surface area contributed by atoms with Gasteiger partial charge in [0.1, 0.15) is 6.61 Å². The molecule has 2 atom stereocenters. The predicted octanol–water partition coefficient (Wildman–Crippen LogP) is 11.5. The van der Waals surface area contributed by atoms with E-state index < -0.39 is 32.5 Å². The fraction of sp³-hybridized carbons (Fsp3) is 0.900. The van der Waals surface area contributed by atoms with E-state index in [1.165, 1.54) is 109 Å². The lowest BCUT2D eigenvalue weighted by molar-refractivity contribution is -0.161. The van der Waals surface area contributed by atoms with E-state index in [9.17, 15) is 19.0 Å². The molecule has 0 rings (SSSR count). The summed E-state index contributed by atoms with van der Waals surface area (Å²) < 4.78 is 32.9. The number of allylic oxidation sites excluding steroid dienone is 2. The minimum atomic E-state index is -4.41. The monoisotopic (exact) mass is 733 g/mol. The molecule has 0 aliphatic carbocycles. The summed E-state index contributed by atoms with van der Waals surface area (Å²) in [5, 5.41) is 8.88. The molecule has 50 heavy (non-hydrogen) atoms. The Bertz CT molecular complexity index is 836. The van der Waals surface area contributed by atoms with Crippen molar-refractivity contribution in [1.82, 2.24) is 0 Å². The van der Waals surface area contributed by atoms with Gasteiger partial charge >= 0.3 is 19.8 Å². The molecule has 2 N–H and O–H groups in total. The number of carbonyl (C=O) groups is 2. The summed E-state index contributed by atoms with van der Waals surface area (Å²) in [7, 11) is -4.41. The van der Waals surface area contributed by atoms with Gasteiger partial charge in [-0.05, 0) is 44.9 Å². The van der Waals surface area contributed by atoms with Crippen molar-refractivity contribution in [1.29, 1.82) is 0 Å². The molecule has 2 unspecified atom stereocenters. The van der Waals surface area contributed by atoms with Gasteiger partial charge in [-0.3, -0.25) is 18.6 Å². The normalized spacial score (nSPS) is 13.4. The summed E-state index contributed by atoms with van der Waals surface area (Å²) >= 11 is 0. The van der Waals surface area contributed by atoms with E-state index in [1.54, 1.807) is 0 Å². The fourth-order valence-corrected chi connectivity index (χ4v) is 6.49. The molecule has 0 aliphatic heterocycles. The Morgan fingerprint density at radius 2 is 0.980 bits per heavy atom. The molecule has 0 saturated carbocycles. The molecule has 0 aromatic carbocycles. The number of unbranched alkanes of at least 4 members (excludes halogenated alkanes) is 23. The molecule has 296 valence electrons. The van der Waals surface area contributed by atoms with Gasteiger partial charge in [0, 0.05) is 19.4 Å². The first-order valence-electron chi connectivity index (χ1n) is 20.6. The Morgan fingerprint density at radius 1 is 0.560 bits per heavy atom. The van der Waals surface area contributed by atoms with Gasteiger partial charge in [-0.1, -0.05) is 154 Å². The Morgan fingerprint density at radius 3 is 1.44 bits per heavy atom. The summed E-state index contributed by atoms with van der Waals surface area (Å²) in [5.41, 5.74) is 0. The molecule has 0 aliphatic rings. The number of phosphoric ester groups is 1. The standard InChI is InChI=1S/C40H77O9P/c1-3-5-7-9-11-13-15-17-18-20-22-24-26-28-30-33-40(43)49-38(37-48-50(44,45)47-35-31-34-41)36-46-39(42)32-29-27-25-23-21-19-16-14-12-10-8-6-4-2/h17-18,38,41H,3-16,19-37H2,1-2H3,(H,44,45)/b18-17+. The lowest BCUT2D eigenvalue weighted by Crippen LogP contribution is -2.29. The molecular weight excluding hydrogens is 655 g/mol. The van der Waals surface area contributed by atoms with E-state index in [0.29, 0.717) is 6.42 Å². The van der Waals surface area contributed by atoms with Gasteiger partial charge in [0.05, 0.1) is 13.2 Å². The number of ether oxygens (including phenoxy) is 2. The Hall–Kier alpha value is -1.25. The zero-order valence-electron chi connectivity index (χ0n) is 32.3. The zero-order chi connectivity index (χ0) is 36.8. The van der Waals surface area contributed by atoms with Crippen molar-refractivity contribution < 1.29 is 42.7 Å². The van der Waals surface area contributed by atoms with E-state index in [1.807, 2.05) is 0 Å². The minimum Gasteiger partial charge on any atom is -0.462 e. The van der Waals surface area contributed by atoms with Crippen LogP contribution >= 0.6 is 7.82 Å².